The van der Waals surface area contributed by atoms with Crippen LogP contribution >= 0.6 is 0 Å². The van der Waals surface area contributed by atoms with E-state index in [4.69, 9.17) is 4.74 Å². The molecule has 0 aliphatic rings. The molecule has 1 heterocycles. The molecule has 0 aliphatic heterocycles. The molecule has 1 aromatic carbocycles. The Morgan fingerprint density at radius 3 is 2.80 bits per heavy atom. The molecular weight excluding hydrogens is 256 g/mol. The summed E-state index contributed by atoms with van der Waals surface area (Å²) < 4.78 is 5.71. The molecule has 2 aromatic rings. The van der Waals surface area contributed by atoms with Crippen molar-refractivity contribution in [3.8, 4) is 5.75 Å². The highest BCUT2D eigenvalue weighted by Crippen LogP contribution is 2.28. The van der Waals surface area contributed by atoms with E-state index in [1.54, 1.807) is 0 Å². The van der Waals surface area contributed by atoms with Crippen LogP contribution in [0.3, 0.4) is 0 Å². The zero-order valence-corrected chi connectivity index (χ0v) is 11.7. The van der Waals surface area contributed by atoms with Gasteiger partial charge < -0.3 is 14.7 Å². The Morgan fingerprint density at radius 2 is 2.10 bits per heavy atom. The summed E-state index contributed by atoms with van der Waals surface area (Å²) in [4.78, 5) is 17.5. The van der Waals surface area contributed by atoms with Crippen LogP contribution in [0.4, 0.5) is 0 Å². The van der Waals surface area contributed by atoms with Crippen LogP contribution in [0.5, 0.6) is 5.75 Å². The lowest BCUT2D eigenvalue weighted by atomic mass is 10.1. The number of nitrogens with zero attached hydrogens (tertiary/aromatic N) is 2. The van der Waals surface area contributed by atoms with Gasteiger partial charge in [0.05, 0.1) is 12.1 Å². The number of hydrogen-bond acceptors (Lipinski definition) is 4. The Kier molecular flexibility index (Phi) is 4.53. The Hall–Kier alpha value is -2.14. The molecule has 5 heteroatoms. The maximum Gasteiger partial charge on any atom is 0.341 e. The molecular formula is C15H18N2O3. The fraction of sp³-hybridized carbons (Fsp3) is 0.333. The minimum Gasteiger partial charge on any atom is -0.492 e. The molecule has 0 spiro atoms. The summed E-state index contributed by atoms with van der Waals surface area (Å²) in [5, 5.41) is 9.98. The average Bonchev–Trinajstić information content (AvgIpc) is 2.42. The smallest absolute Gasteiger partial charge is 0.341 e. The van der Waals surface area contributed by atoms with Crippen molar-refractivity contribution in [1.29, 1.82) is 0 Å². The van der Waals surface area contributed by atoms with Gasteiger partial charge in [-0.05, 0) is 32.6 Å². The maximum absolute atomic E-state index is 11.3. The highest BCUT2D eigenvalue weighted by molar-refractivity contribution is 5.98. The molecule has 106 valence electrons. The summed E-state index contributed by atoms with van der Waals surface area (Å²) in [7, 11) is 3.98. The molecule has 0 radical (unpaired) electrons. The van der Waals surface area contributed by atoms with Gasteiger partial charge in [-0.15, -0.1) is 0 Å². The molecule has 0 fully saturated rings. The van der Waals surface area contributed by atoms with Crippen LogP contribution in [0.1, 0.15) is 16.8 Å². The van der Waals surface area contributed by atoms with Crippen molar-refractivity contribution < 1.29 is 14.6 Å². The molecule has 2 rings (SSSR count). The molecule has 1 aromatic heterocycles. The molecule has 0 unspecified atom stereocenters. The van der Waals surface area contributed by atoms with E-state index >= 15 is 0 Å². The predicted octanol–water partition coefficient (Wildman–Crippen LogP) is 2.26. The van der Waals surface area contributed by atoms with Gasteiger partial charge in [-0.3, -0.25) is 4.98 Å². The van der Waals surface area contributed by atoms with Crippen molar-refractivity contribution in [2.45, 2.75) is 6.42 Å². The molecule has 0 saturated carbocycles. The van der Waals surface area contributed by atoms with Gasteiger partial charge in [0.1, 0.15) is 11.3 Å². The standard InChI is InChI=1S/C15H18N2O3/c1-17(2)8-5-9-20-14-11-6-3-4-7-13(11)16-10-12(14)15(18)19/h3-4,6-7,10H,5,8-9H2,1-2H3,(H,18,19). The van der Waals surface area contributed by atoms with Crippen molar-refractivity contribution in [2.75, 3.05) is 27.2 Å². The van der Waals surface area contributed by atoms with E-state index in [0.29, 0.717) is 12.4 Å². The van der Waals surface area contributed by atoms with Crippen molar-refractivity contribution in [2.24, 2.45) is 0 Å². The van der Waals surface area contributed by atoms with Crippen LogP contribution in [0.15, 0.2) is 30.5 Å². The third-order valence-corrected chi connectivity index (χ3v) is 2.95. The fourth-order valence-electron chi connectivity index (χ4n) is 1.98. The van der Waals surface area contributed by atoms with Crippen LogP contribution < -0.4 is 4.74 Å². The normalized spacial score (nSPS) is 10.9. The number of rotatable bonds is 6. The number of benzene rings is 1. The largest absolute Gasteiger partial charge is 0.492 e. The van der Waals surface area contributed by atoms with E-state index in [1.165, 1.54) is 6.20 Å². The average molecular weight is 274 g/mol. The summed E-state index contributed by atoms with van der Waals surface area (Å²) >= 11 is 0. The summed E-state index contributed by atoms with van der Waals surface area (Å²) in [6, 6.07) is 7.39. The predicted molar refractivity (Wildman–Crippen MR) is 77.4 cm³/mol. The molecule has 0 saturated heterocycles. The molecule has 20 heavy (non-hydrogen) atoms. The first kappa shape index (κ1) is 14.3. The first-order valence-corrected chi connectivity index (χ1v) is 6.48. The van der Waals surface area contributed by atoms with E-state index in [2.05, 4.69) is 9.88 Å². The number of fused-ring (bicyclic) bond motifs is 1. The van der Waals surface area contributed by atoms with Crippen molar-refractivity contribution in [3.05, 3.63) is 36.0 Å². The van der Waals surface area contributed by atoms with Crippen LogP contribution in [0, 0.1) is 0 Å². The summed E-state index contributed by atoms with van der Waals surface area (Å²) in [5.41, 5.74) is 0.841. The number of carbonyl (C=O) groups is 1. The maximum atomic E-state index is 11.3. The van der Waals surface area contributed by atoms with E-state index in [0.717, 1.165) is 23.9 Å². The number of carboxylic acids is 1. The molecule has 0 amide bonds. The Bertz CT molecular complexity index is 611. The monoisotopic (exact) mass is 274 g/mol. The van der Waals surface area contributed by atoms with E-state index in [1.807, 2.05) is 38.4 Å². The fourth-order valence-corrected chi connectivity index (χ4v) is 1.98. The van der Waals surface area contributed by atoms with E-state index in [-0.39, 0.29) is 5.56 Å². The van der Waals surface area contributed by atoms with Gasteiger partial charge in [0.2, 0.25) is 0 Å². The lowest BCUT2D eigenvalue weighted by molar-refractivity contribution is 0.0692. The second-order valence-corrected chi connectivity index (χ2v) is 4.83. The third-order valence-electron chi connectivity index (χ3n) is 2.95. The quantitative estimate of drug-likeness (QED) is 0.819. The van der Waals surface area contributed by atoms with Gasteiger partial charge in [-0.25, -0.2) is 4.79 Å². The number of pyridine rings is 1. The highest BCUT2D eigenvalue weighted by Gasteiger charge is 2.15. The summed E-state index contributed by atoms with van der Waals surface area (Å²) in [6.45, 7) is 1.37. The van der Waals surface area contributed by atoms with Crippen LogP contribution in [-0.2, 0) is 0 Å². The van der Waals surface area contributed by atoms with Crippen molar-refractivity contribution >= 4 is 16.9 Å². The summed E-state index contributed by atoms with van der Waals surface area (Å²) in [6.07, 6.45) is 2.19. The Balaban J connectivity index is 2.28. The van der Waals surface area contributed by atoms with Gasteiger partial charge in [0, 0.05) is 18.1 Å². The van der Waals surface area contributed by atoms with E-state index in [9.17, 15) is 9.90 Å². The molecule has 0 atom stereocenters. The van der Waals surface area contributed by atoms with E-state index < -0.39 is 5.97 Å². The highest BCUT2D eigenvalue weighted by atomic mass is 16.5. The molecule has 0 bridgehead atoms. The minimum atomic E-state index is -1.02. The number of aromatic nitrogens is 1. The summed E-state index contributed by atoms with van der Waals surface area (Å²) in [5.74, 6) is -0.618. The van der Waals surface area contributed by atoms with Gasteiger partial charge in [-0.2, -0.15) is 0 Å². The van der Waals surface area contributed by atoms with Crippen molar-refractivity contribution in [1.82, 2.24) is 9.88 Å². The first-order valence-electron chi connectivity index (χ1n) is 6.48. The molecule has 1 N–H and O–H groups in total. The Labute approximate surface area is 117 Å². The number of ether oxygens (including phenoxy) is 1. The zero-order valence-electron chi connectivity index (χ0n) is 11.7. The number of aromatic carboxylic acids is 1. The molecule has 5 nitrogen and oxygen atoms in total. The van der Waals surface area contributed by atoms with Crippen LogP contribution in [0.2, 0.25) is 0 Å². The third kappa shape index (κ3) is 3.24. The van der Waals surface area contributed by atoms with Gasteiger partial charge >= 0.3 is 5.97 Å². The van der Waals surface area contributed by atoms with Crippen LogP contribution in [0.25, 0.3) is 10.9 Å². The first-order chi connectivity index (χ1) is 9.59. The van der Waals surface area contributed by atoms with Gasteiger partial charge in [0.25, 0.3) is 0 Å². The second kappa shape index (κ2) is 6.34. The lowest BCUT2D eigenvalue weighted by Crippen LogP contribution is -2.16. The zero-order chi connectivity index (χ0) is 14.5. The second-order valence-electron chi connectivity index (χ2n) is 4.83. The Morgan fingerprint density at radius 1 is 1.35 bits per heavy atom. The van der Waals surface area contributed by atoms with Gasteiger partial charge in [-0.1, -0.05) is 12.1 Å². The van der Waals surface area contributed by atoms with Crippen LogP contribution in [-0.4, -0.2) is 48.2 Å². The minimum absolute atomic E-state index is 0.105. The number of para-hydroxylation sites is 1. The SMILES string of the molecule is CN(C)CCCOc1c(C(=O)O)cnc2ccccc12. The molecule has 0 aliphatic carbocycles. The van der Waals surface area contributed by atoms with Gasteiger partial charge in [0.15, 0.2) is 0 Å². The van der Waals surface area contributed by atoms with Crippen molar-refractivity contribution in [3.63, 3.8) is 0 Å². The number of hydrogen-bond donors (Lipinski definition) is 1. The lowest BCUT2D eigenvalue weighted by Gasteiger charge is -2.13. The topological polar surface area (TPSA) is 62.7 Å². The number of carboxylic acid groups (broad SMARTS) is 1.